The molecule has 3 rings (SSSR count). The topological polar surface area (TPSA) is 52.1 Å². The first-order valence-corrected chi connectivity index (χ1v) is 11.4. The largest absolute Gasteiger partial charge is 0.379 e. The molecule has 0 saturated carbocycles. The van der Waals surface area contributed by atoms with Gasteiger partial charge in [0.2, 0.25) is 0 Å². The highest BCUT2D eigenvalue weighted by Crippen LogP contribution is 2.23. The van der Waals surface area contributed by atoms with Crippen molar-refractivity contribution in [3.63, 3.8) is 0 Å². The third kappa shape index (κ3) is 6.43. The highest BCUT2D eigenvalue weighted by atomic mass is 16.5. The number of aliphatic imine (C=N–C) groups is 1. The molecular weight excluding hydrogens is 362 g/mol. The van der Waals surface area contributed by atoms with Gasteiger partial charge < -0.3 is 15.4 Å². The lowest BCUT2D eigenvalue weighted by molar-refractivity contribution is 0.0179. The molecule has 29 heavy (non-hydrogen) atoms. The van der Waals surface area contributed by atoms with E-state index in [4.69, 9.17) is 9.73 Å². The van der Waals surface area contributed by atoms with Crippen molar-refractivity contribution in [2.75, 3.05) is 59.0 Å². The quantitative estimate of drug-likeness (QED) is 0.518. The van der Waals surface area contributed by atoms with Crippen LogP contribution < -0.4 is 10.6 Å². The Labute approximate surface area is 176 Å². The molecule has 6 nitrogen and oxygen atoms in total. The number of nitrogens with one attached hydrogen (secondary N) is 2. The summed E-state index contributed by atoms with van der Waals surface area (Å²) in [5.74, 6) is 0.932. The second-order valence-corrected chi connectivity index (χ2v) is 8.10. The fourth-order valence-electron chi connectivity index (χ4n) is 4.47. The molecule has 2 N–H and O–H groups in total. The number of morpholine rings is 1. The molecule has 0 aromatic heterocycles. The molecule has 2 unspecified atom stereocenters. The van der Waals surface area contributed by atoms with E-state index in [-0.39, 0.29) is 6.04 Å². The Morgan fingerprint density at radius 3 is 2.76 bits per heavy atom. The van der Waals surface area contributed by atoms with Gasteiger partial charge in [0, 0.05) is 32.2 Å². The summed E-state index contributed by atoms with van der Waals surface area (Å²) in [4.78, 5) is 10.1. The average molecular weight is 402 g/mol. The van der Waals surface area contributed by atoms with E-state index in [2.05, 4.69) is 65.5 Å². The molecule has 0 bridgehead atoms. The normalized spacial score (nSPS) is 22.6. The summed E-state index contributed by atoms with van der Waals surface area (Å²) in [5, 5.41) is 7.04. The van der Waals surface area contributed by atoms with Crippen LogP contribution in [0.15, 0.2) is 29.3 Å². The van der Waals surface area contributed by atoms with Crippen LogP contribution in [0.5, 0.6) is 0 Å². The molecule has 6 heteroatoms. The van der Waals surface area contributed by atoms with Crippen molar-refractivity contribution in [1.82, 2.24) is 20.4 Å². The van der Waals surface area contributed by atoms with Crippen LogP contribution >= 0.6 is 0 Å². The summed E-state index contributed by atoms with van der Waals surface area (Å²) in [6.45, 7) is 15.0. The molecule has 2 heterocycles. The minimum Gasteiger partial charge on any atom is -0.379 e. The van der Waals surface area contributed by atoms with E-state index in [1.54, 1.807) is 0 Å². The molecule has 2 fully saturated rings. The maximum Gasteiger partial charge on any atom is 0.191 e. The Kier molecular flexibility index (Phi) is 8.77. The first-order chi connectivity index (χ1) is 14.2. The molecular formula is C23H39N5O. The lowest BCUT2D eigenvalue weighted by atomic mass is 10.0. The monoisotopic (exact) mass is 401 g/mol. The second kappa shape index (κ2) is 11.5. The van der Waals surface area contributed by atoms with Crippen molar-refractivity contribution in [2.24, 2.45) is 4.99 Å². The Bertz CT molecular complexity index is 644. The number of guanidine groups is 1. The number of hydrogen-bond acceptors (Lipinski definition) is 4. The minimum absolute atomic E-state index is 0.285. The first kappa shape index (κ1) is 22.1. The number of likely N-dealkylation sites (tertiary alicyclic amines) is 1. The summed E-state index contributed by atoms with van der Waals surface area (Å²) in [5.41, 5.74) is 2.65. The highest BCUT2D eigenvalue weighted by Gasteiger charge is 2.24. The van der Waals surface area contributed by atoms with Crippen molar-refractivity contribution >= 4 is 5.96 Å². The summed E-state index contributed by atoms with van der Waals surface area (Å²) in [6.07, 6.45) is 2.58. The molecule has 1 aromatic carbocycles. The van der Waals surface area contributed by atoms with Crippen molar-refractivity contribution in [1.29, 1.82) is 0 Å². The maximum atomic E-state index is 5.58. The second-order valence-electron chi connectivity index (χ2n) is 8.10. The first-order valence-electron chi connectivity index (χ1n) is 11.4. The van der Waals surface area contributed by atoms with E-state index in [0.717, 1.165) is 58.4 Å². The molecule has 0 amide bonds. The van der Waals surface area contributed by atoms with Gasteiger partial charge in [0.15, 0.2) is 5.96 Å². The molecule has 0 spiro atoms. The van der Waals surface area contributed by atoms with Gasteiger partial charge in [-0.25, -0.2) is 0 Å². The zero-order valence-corrected chi connectivity index (χ0v) is 18.5. The Morgan fingerprint density at radius 1 is 1.21 bits per heavy atom. The van der Waals surface area contributed by atoms with Gasteiger partial charge in [-0.15, -0.1) is 0 Å². The molecule has 2 aliphatic rings. The van der Waals surface area contributed by atoms with Gasteiger partial charge in [-0.2, -0.15) is 0 Å². The van der Waals surface area contributed by atoms with E-state index in [9.17, 15) is 0 Å². The van der Waals surface area contributed by atoms with Crippen molar-refractivity contribution in [3.8, 4) is 0 Å². The molecule has 162 valence electrons. The van der Waals surface area contributed by atoms with Crippen LogP contribution in [0.3, 0.4) is 0 Å². The summed E-state index contributed by atoms with van der Waals surface area (Å²) >= 11 is 0. The Morgan fingerprint density at radius 2 is 2.03 bits per heavy atom. The maximum absolute atomic E-state index is 5.58. The van der Waals surface area contributed by atoms with E-state index in [1.165, 1.54) is 30.5 Å². The van der Waals surface area contributed by atoms with Gasteiger partial charge in [0.05, 0.1) is 25.8 Å². The predicted molar refractivity (Wildman–Crippen MR) is 121 cm³/mol. The van der Waals surface area contributed by atoms with Gasteiger partial charge in [0.25, 0.3) is 0 Å². The van der Waals surface area contributed by atoms with Crippen LogP contribution in [0.25, 0.3) is 0 Å². The molecule has 1 aromatic rings. The van der Waals surface area contributed by atoms with Gasteiger partial charge >= 0.3 is 0 Å². The van der Waals surface area contributed by atoms with E-state index < -0.39 is 0 Å². The fourth-order valence-corrected chi connectivity index (χ4v) is 4.47. The summed E-state index contributed by atoms with van der Waals surface area (Å²) in [6, 6.07) is 9.76. The SMILES string of the molecule is CCNC(=NCC(c1cccc(C)c1)N1CCOCC1)NCC1CCCN1CC. The zero-order valence-electron chi connectivity index (χ0n) is 18.5. The lowest BCUT2D eigenvalue weighted by Gasteiger charge is -2.34. The van der Waals surface area contributed by atoms with Gasteiger partial charge in [0.1, 0.15) is 0 Å². The van der Waals surface area contributed by atoms with Crippen molar-refractivity contribution in [2.45, 2.75) is 45.7 Å². The zero-order chi connectivity index (χ0) is 20.5. The number of hydrogen-bond donors (Lipinski definition) is 2. The summed E-state index contributed by atoms with van der Waals surface area (Å²) in [7, 11) is 0. The van der Waals surface area contributed by atoms with Crippen LogP contribution in [0.2, 0.25) is 0 Å². The van der Waals surface area contributed by atoms with E-state index >= 15 is 0 Å². The summed E-state index contributed by atoms with van der Waals surface area (Å²) < 4.78 is 5.58. The van der Waals surface area contributed by atoms with Crippen LogP contribution in [0, 0.1) is 6.92 Å². The molecule has 0 radical (unpaired) electrons. The van der Waals surface area contributed by atoms with Gasteiger partial charge in [-0.3, -0.25) is 14.8 Å². The smallest absolute Gasteiger partial charge is 0.191 e. The predicted octanol–water partition coefficient (Wildman–Crippen LogP) is 2.41. The number of rotatable bonds is 8. The number of nitrogens with zero attached hydrogens (tertiary/aromatic N) is 3. The number of aryl methyl sites for hydroxylation is 1. The van der Waals surface area contributed by atoms with Crippen LogP contribution in [-0.2, 0) is 4.74 Å². The lowest BCUT2D eigenvalue weighted by Crippen LogP contribution is -2.45. The van der Waals surface area contributed by atoms with Crippen LogP contribution in [0.4, 0.5) is 0 Å². The highest BCUT2D eigenvalue weighted by molar-refractivity contribution is 5.79. The number of ether oxygens (including phenoxy) is 1. The molecule has 2 saturated heterocycles. The van der Waals surface area contributed by atoms with Gasteiger partial charge in [-0.1, -0.05) is 36.8 Å². The van der Waals surface area contributed by atoms with Crippen molar-refractivity contribution in [3.05, 3.63) is 35.4 Å². The standard InChI is InChI=1S/C23H39N5O/c1-4-24-23(25-17-21-10-7-11-27(21)5-2)26-18-22(28-12-14-29-15-13-28)20-9-6-8-19(3)16-20/h6,8-9,16,21-22H,4-5,7,10-15,17-18H2,1-3H3,(H2,24,25,26). The Hall–Kier alpha value is -1.63. The molecule has 2 atom stereocenters. The number of likely N-dealkylation sites (N-methyl/N-ethyl adjacent to an activating group) is 1. The van der Waals surface area contributed by atoms with Crippen LogP contribution in [-0.4, -0.2) is 80.8 Å². The minimum atomic E-state index is 0.285. The third-order valence-electron chi connectivity index (χ3n) is 6.09. The Balaban J connectivity index is 1.68. The molecule has 0 aliphatic carbocycles. The van der Waals surface area contributed by atoms with Gasteiger partial charge in [-0.05, 0) is 45.3 Å². The van der Waals surface area contributed by atoms with Crippen LogP contribution in [0.1, 0.15) is 43.9 Å². The number of benzene rings is 1. The van der Waals surface area contributed by atoms with E-state index in [0.29, 0.717) is 6.04 Å². The fraction of sp³-hybridized carbons (Fsp3) is 0.696. The van der Waals surface area contributed by atoms with E-state index in [1.807, 2.05) is 0 Å². The third-order valence-corrected chi connectivity index (χ3v) is 6.09. The van der Waals surface area contributed by atoms with Crippen molar-refractivity contribution < 1.29 is 4.74 Å². The average Bonchev–Trinajstić information content (AvgIpc) is 3.20. The molecule has 2 aliphatic heterocycles.